The summed E-state index contributed by atoms with van der Waals surface area (Å²) in [6.07, 6.45) is 0.678. The zero-order chi connectivity index (χ0) is 32.7. The summed E-state index contributed by atoms with van der Waals surface area (Å²) in [5, 5.41) is 0. The Morgan fingerprint density at radius 3 is 1.68 bits per heavy atom. The molecule has 44 heavy (non-hydrogen) atoms. The van der Waals surface area contributed by atoms with E-state index in [9.17, 15) is 19.2 Å². The van der Waals surface area contributed by atoms with Crippen LogP contribution in [0.3, 0.4) is 0 Å². The Morgan fingerprint density at radius 1 is 0.705 bits per heavy atom. The lowest BCUT2D eigenvalue weighted by molar-refractivity contribution is -0.143. The molecule has 0 aliphatic rings. The van der Waals surface area contributed by atoms with Crippen molar-refractivity contribution in [2.24, 2.45) is 0 Å². The van der Waals surface area contributed by atoms with E-state index in [1.807, 2.05) is 6.92 Å². The van der Waals surface area contributed by atoms with Gasteiger partial charge in [-0.1, -0.05) is 12.1 Å². The third-order valence-corrected chi connectivity index (χ3v) is 5.59. The topological polar surface area (TPSA) is 156 Å². The van der Waals surface area contributed by atoms with E-state index < -0.39 is 17.9 Å². The molecule has 2 aromatic rings. The molecule has 2 rings (SSSR count). The summed E-state index contributed by atoms with van der Waals surface area (Å²) in [5.74, 6) is -0.711. The Labute approximate surface area is 259 Å². The fourth-order valence-corrected chi connectivity index (χ4v) is 3.70. The van der Waals surface area contributed by atoms with Gasteiger partial charge in [0.15, 0.2) is 0 Å². The SMILES string of the molecule is CCOC.CCOC(=O)CN(CC=O)c1ccc(N)cc1OCCOc1ccccc1N(CC(=O)OCC)CC(=O)OCC. The van der Waals surface area contributed by atoms with E-state index in [0.717, 1.165) is 6.61 Å². The number of hydrogen-bond donors (Lipinski definition) is 1. The number of nitrogens with two attached hydrogens (primary N) is 1. The van der Waals surface area contributed by atoms with Crippen molar-refractivity contribution in [2.75, 3.05) is 88.5 Å². The largest absolute Gasteiger partial charge is 0.488 e. The summed E-state index contributed by atoms with van der Waals surface area (Å²) in [7, 11) is 1.68. The molecule has 0 atom stereocenters. The van der Waals surface area contributed by atoms with Crippen LogP contribution in [0.25, 0.3) is 0 Å². The van der Waals surface area contributed by atoms with Gasteiger partial charge >= 0.3 is 17.9 Å². The molecule has 0 amide bonds. The molecular weight excluding hydrogens is 574 g/mol. The first kappa shape index (κ1) is 37.5. The first-order valence-electron chi connectivity index (χ1n) is 14.4. The Balaban J connectivity index is 0.00000227. The minimum absolute atomic E-state index is 0.0558. The molecule has 13 heteroatoms. The molecule has 0 saturated carbocycles. The van der Waals surface area contributed by atoms with Crippen LogP contribution in [0.15, 0.2) is 42.5 Å². The monoisotopic (exact) mass is 619 g/mol. The number of carbonyl (C=O) groups excluding carboxylic acids is 4. The first-order valence-corrected chi connectivity index (χ1v) is 14.4. The molecule has 0 aromatic heterocycles. The first-order chi connectivity index (χ1) is 21.2. The third kappa shape index (κ3) is 14.1. The number of anilines is 3. The van der Waals surface area contributed by atoms with Crippen LogP contribution in [0.1, 0.15) is 27.7 Å². The van der Waals surface area contributed by atoms with Crippen LogP contribution in [0, 0.1) is 0 Å². The van der Waals surface area contributed by atoms with Crippen LogP contribution < -0.4 is 25.0 Å². The average Bonchev–Trinajstić information content (AvgIpc) is 2.99. The quantitative estimate of drug-likeness (QED) is 0.0806. The molecule has 0 bridgehead atoms. The normalized spacial score (nSPS) is 10.0. The molecule has 0 fully saturated rings. The number of hydrogen-bond acceptors (Lipinski definition) is 13. The van der Waals surface area contributed by atoms with E-state index in [-0.39, 0.29) is 59.2 Å². The molecule has 2 N–H and O–H groups in total. The van der Waals surface area contributed by atoms with Crippen molar-refractivity contribution in [3.63, 3.8) is 0 Å². The van der Waals surface area contributed by atoms with Crippen LogP contribution >= 0.6 is 0 Å². The van der Waals surface area contributed by atoms with Crippen LogP contribution in [-0.2, 0) is 38.1 Å². The summed E-state index contributed by atoms with van der Waals surface area (Å²) in [6.45, 7) is 8.11. The Hall–Kier alpha value is -4.52. The second kappa shape index (κ2) is 22.1. The van der Waals surface area contributed by atoms with Gasteiger partial charge in [0.05, 0.1) is 37.7 Å². The molecule has 0 aliphatic carbocycles. The lowest BCUT2D eigenvalue weighted by atomic mass is 10.2. The van der Waals surface area contributed by atoms with Crippen molar-refractivity contribution in [3.8, 4) is 11.5 Å². The molecule has 2 aromatic carbocycles. The van der Waals surface area contributed by atoms with Crippen molar-refractivity contribution >= 4 is 41.3 Å². The van der Waals surface area contributed by atoms with E-state index in [1.165, 1.54) is 9.80 Å². The lowest BCUT2D eigenvalue weighted by Gasteiger charge is -2.25. The van der Waals surface area contributed by atoms with E-state index in [1.54, 1.807) is 70.3 Å². The lowest BCUT2D eigenvalue weighted by Crippen LogP contribution is -2.36. The highest BCUT2D eigenvalue weighted by atomic mass is 16.5. The number of benzene rings is 2. The van der Waals surface area contributed by atoms with Crippen LogP contribution in [-0.4, -0.2) is 97.1 Å². The Bertz CT molecular complexity index is 1140. The molecular formula is C31H45N3O10. The minimum Gasteiger partial charge on any atom is -0.488 e. The van der Waals surface area contributed by atoms with E-state index in [2.05, 4.69) is 4.74 Å². The van der Waals surface area contributed by atoms with E-state index in [4.69, 9.17) is 29.4 Å². The summed E-state index contributed by atoms with van der Waals surface area (Å²) < 4.78 is 31.6. The zero-order valence-electron chi connectivity index (χ0n) is 26.2. The maximum Gasteiger partial charge on any atom is 0.325 e. The Kier molecular flexibility index (Phi) is 18.8. The summed E-state index contributed by atoms with van der Waals surface area (Å²) in [5.41, 5.74) is 7.37. The molecule has 13 nitrogen and oxygen atoms in total. The van der Waals surface area contributed by atoms with Crippen molar-refractivity contribution < 1.29 is 47.6 Å². The predicted octanol–water partition coefficient (Wildman–Crippen LogP) is 2.88. The molecule has 0 aliphatic heterocycles. The molecule has 0 unspecified atom stereocenters. The van der Waals surface area contributed by atoms with Gasteiger partial charge in [-0.15, -0.1) is 0 Å². The van der Waals surface area contributed by atoms with Crippen LogP contribution in [0.2, 0.25) is 0 Å². The molecule has 0 spiro atoms. The van der Waals surface area contributed by atoms with Gasteiger partial charge in [-0.2, -0.15) is 0 Å². The standard InChI is InChI=1S/C28H37N3O9.C3H8O/c1-4-36-26(33)18-30(13-14-32)23-12-11-21(29)17-25(23)40-16-15-39-24-10-8-7-9-22(24)31(19-27(34)37-5-2)20-28(35)38-6-3;1-3-4-2/h7-12,14,17H,4-6,13,15-16,18-20,29H2,1-3H3;3H2,1-2H3. The van der Waals surface area contributed by atoms with Crippen LogP contribution in [0.5, 0.6) is 11.5 Å². The van der Waals surface area contributed by atoms with Gasteiger partial charge < -0.3 is 48.7 Å². The van der Waals surface area contributed by atoms with Crippen molar-refractivity contribution in [3.05, 3.63) is 42.5 Å². The highest BCUT2D eigenvalue weighted by Gasteiger charge is 2.21. The zero-order valence-corrected chi connectivity index (χ0v) is 26.2. The minimum atomic E-state index is -0.498. The number of carbonyl (C=O) groups is 4. The predicted molar refractivity (Wildman–Crippen MR) is 166 cm³/mol. The maximum atomic E-state index is 12.2. The number of aldehydes is 1. The van der Waals surface area contributed by atoms with Crippen molar-refractivity contribution in [2.45, 2.75) is 27.7 Å². The fraction of sp³-hybridized carbons (Fsp3) is 0.484. The summed E-state index contributed by atoms with van der Waals surface area (Å²) >= 11 is 0. The third-order valence-electron chi connectivity index (χ3n) is 5.59. The van der Waals surface area contributed by atoms with Gasteiger partial charge in [0, 0.05) is 25.5 Å². The van der Waals surface area contributed by atoms with Crippen LogP contribution in [0.4, 0.5) is 17.1 Å². The smallest absolute Gasteiger partial charge is 0.325 e. The van der Waals surface area contributed by atoms with Gasteiger partial charge in [-0.3, -0.25) is 14.4 Å². The van der Waals surface area contributed by atoms with E-state index >= 15 is 0 Å². The number of rotatable bonds is 19. The number of esters is 3. The van der Waals surface area contributed by atoms with Gasteiger partial charge in [0.2, 0.25) is 0 Å². The number of nitrogens with zero attached hydrogens (tertiary/aromatic N) is 2. The van der Waals surface area contributed by atoms with Crippen molar-refractivity contribution in [1.29, 1.82) is 0 Å². The Morgan fingerprint density at radius 2 is 1.18 bits per heavy atom. The summed E-state index contributed by atoms with van der Waals surface area (Å²) in [6, 6.07) is 11.8. The molecule has 0 heterocycles. The molecule has 0 radical (unpaired) electrons. The number of para-hydroxylation sites is 2. The van der Waals surface area contributed by atoms with Gasteiger partial charge in [0.25, 0.3) is 0 Å². The van der Waals surface area contributed by atoms with Gasteiger partial charge in [-0.25, -0.2) is 0 Å². The molecule has 244 valence electrons. The number of ether oxygens (including phenoxy) is 6. The van der Waals surface area contributed by atoms with Gasteiger partial charge in [-0.05, 0) is 52.0 Å². The second-order valence-electron chi connectivity index (χ2n) is 8.79. The highest BCUT2D eigenvalue weighted by molar-refractivity contribution is 5.83. The van der Waals surface area contributed by atoms with Crippen molar-refractivity contribution in [1.82, 2.24) is 0 Å². The summed E-state index contributed by atoms with van der Waals surface area (Å²) in [4.78, 5) is 50.8. The second-order valence-corrected chi connectivity index (χ2v) is 8.79. The van der Waals surface area contributed by atoms with Gasteiger partial charge in [0.1, 0.15) is 50.6 Å². The number of methoxy groups -OCH3 is 1. The fourth-order valence-electron chi connectivity index (χ4n) is 3.70. The van der Waals surface area contributed by atoms with E-state index in [0.29, 0.717) is 34.8 Å². The number of nitrogen functional groups attached to an aromatic ring is 1. The molecule has 0 saturated heterocycles. The maximum absolute atomic E-state index is 12.2. The highest BCUT2D eigenvalue weighted by Crippen LogP contribution is 2.31. The average molecular weight is 620 g/mol.